The fraction of sp³-hybridized carbons (Fsp3) is 0.533. The summed E-state index contributed by atoms with van der Waals surface area (Å²) in [6.45, 7) is 2.13. The standard InChI is InChI=1S/C30H38F3N7O5S/c31-30(32,33)26-17-24(39-15-10-21(11-16-39)3-1-12-36-29(42)37-20-46(43,44)45)18-27(38-26)40-14-2-4-25(40)28(41)35-13-9-22-5-7-23(19-34)8-6-22/h5-8,17-18,21,25H,1-4,9-16,20H2,(H,35,41)(H2,36,37,42)(H,43,44,45). The van der Waals surface area contributed by atoms with Crippen LogP contribution in [0.2, 0.25) is 0 Å². The van der Waals surface area contributed by atoms with Crippen molar-refractivity contribution in [2.75, 3.05) is 48.4 Å². The molecule has 250 valence electrons. The van der Waals surface area contributed by atoms with E-state index in [1.54, 1.807) is 23.1 Å². The van der Waals surface area contributed by atoms with E-state index in [2.05, 4.69) is 21.7 Å². The first kappa shape index (κ1) is 34.8. The Kier molecular flexibility index (Phi) is 11.7. The molecule has 3 heterocycles. The fourth-order valence-electron chi connectivity index (χ4n) is 5.78. The molecule has 2 saturated heterocycles. The van der Waals surface area contributed by atoms with Gasteiger partial charge in [0.1, 0.15) is 23.4 Å². The molecular weight excluding hydrogens is 627 g/mol. The summed E-state index contributed by atoms with van der Waals surface area (Å²) in [5.74, 6) is -0.720. The number of urea groups is 1. The number of nitrogens with zero attached hydrogens (tertiary/aromatic N) is 4. The van der Waals surface area contributed by atoms with E-state index >= 15 is 0 Å². The van der Waals surface area contributed by atoms with Gasteiger partial charge in [-0.2, -0.15) is 26.9 Å². The van der Waals surface area contributed by atoms with E-state index < -0.39 is 39.9 Å². The Balaban J connectivity index is 1.32. The SMILES string of the molecule is N#Cc1ccc(CCNC(=O)C2CCCN2c2cc(N3CCC(CCCNC(=O)NCS(=O)(=O)O)CC3)cc(C(F)(F)F)n2)cc1. The van der Waals surface area contributed by atoms with Gasteiger partial charge in [-0.3, -0.25) is 9.35 Å². The normalized spacial score (nSPS) is 17.4. The number of pyridine rings is 1. The lowest BCUT2D eigenvalue weighted by Gasteiger charge is -2.35. The van der Waals surface area contributed by atoms with Crippen molar-refractivity contribution in [2.45, 2.75) is 57.2 Å². The van der Waals surface area contributed by atoms with Gasteiger partial charge < -0.3 is 25.8 Å². The number of piperidine rings is 1. The van der Waals surface area contributed by atoms with Gasteiger partial charge >= 0.3 is 12.2 Å². The molecule has 3 amide bonds. The minimum absolute atomic E-state index is 0.120. The highest BCUT2D eigenvalue weighted by Crippen LogP contribution is 2.36. The van der Waals surface area contributed by atoms with E-state index in [1.165, 1.54) is 0 Å². The quantitative estimate of drug-likeness (QED) is 0.196. The first-order valence-electron chi connectivity index (χ1n) is 15.2. The van der Waals surface area contributed by atoms with Gasteiger partial charge in [0, 0.05) is 44.5 Å². The molecule has 1 aromatic carbocycles. The Morgan fingerprint density at radius 2 is 1.74 bits per heavy atom. The summed E-state index contributed by atoms with van der Waals surface area (Å²) < 4.78 is 72.0. The van der Waals surface area contributed by atoms with E-state index in [1.807, 2.05) is 22.3 Å². The van der Waals surface area contributed by atoms with Crippen molar-refractivity contribution < 1.29 is 35.7 Å². The van der Waals surface area contributed by atoms with Crippen LogP contribution in [0.4, 0.5) is 29.5 Å². The van der Waals surface area contributed by atoms with Gasteiger partial charge in [-0.1, -0.05) is 12.1 Å². The number of hydrogen-bond donors (Lipinski definition) is 4. The molecule has 0 aliphatic carbocycles. The summed E-state index contributed by atoms with van der Waals surface area (Å²) in [5.41, 5.74) is 0.891. The third kappa shape index (κ3) is 10.2. The molecule has 1 aromatic heterocycles. The summed E-state index contributed by atoms with van der Waals surface area (Å²) in [5, 5.41) is 16.4. The van der Waals surface area contributed by atoms with Crippen molar-refractivity contribution in [1.29, 1.82) is 5.26 Å². The number of aromatic nitrogens is 1. The van der Waals surface area contributed by atoms with E-state index in [0.29, 0.717) is 75.6 Å². The summed E-state index contributed by atoms with van der Waals surface area (Å²) in [4.78, 5) is 32.2. The van der Waals surface area contributed by atoms with Gasteiger partial charge in [0.2, 0.25) is 5.91 Å². The molecule has 2 aliphatic rings. The zero-order valence-corrected chi connectivity index (χ0v) is 26.0. The predicted octanol–water partition coefficient (Wildman–Crippen LogP) is 3.44. The van der Waals surface area contributed by atoms with Crippen LogP contribution in [0.1, 0.15) is 55.3 Å². The highest BCUT2D eigenvalue weighted by molar-refractivity contribution is 7.85. The van der Waals surface area contributed by atoms with Crippen molar-refractivity contribution in [3.63, 3.8) is 0 Å². The Bertz CT molecular complexity index is 1510. The van der Waals surface area contributed by atoms with E-state index in [4.69, 9.17) is 9.81 Å². The molecule has 2 aliphatic heterocycles. The number of hydrogen-bond acceptors (Lipinski definition) is 8. The van der Waals surface area contributed by atoms with Gasteiger partial charge in [0.05, 0.1) is 11.6 Å². The Hall–Kier alpha value is -4.10. The Morgan fingerprint density at radius 3 is 2.39 bits per heavy atom. The maximum atomic E-state index is 14.0. The molecule has 0 bridgehead atoms. The number of carbonyl (C=O) groups excluding carboxylic acids is 2. The first-order chi connectivity index (χ1) is 21.8. The third-order valence-corrected chi connectivity index (χ3v) is 8.71. The average molecular weight is 666 g/mol. The second-order valence-electron chi connectivity index (χ2n) is 11.5. The maximum absolute atomic E-state index is 14.0. The van der Waals surface area contributed by atoms with E-state index in [9.17, 15) is 31.2 Å². The molecule has 46 heavy (non-hydrogen) atoms. The second kappa shape index (κ2) is 15.5. The van der Waals surface area contributed by atoms with Gasteiger partial charge in [0.15, 0.2) is 0 Å². The number of alkyl halides is 3. The number of nitriles is 1. The van der Waals surface area contributed by atoms with Gasteiger partial charge in [-0.15, -0.1) is 0 Å². The van der Waals surface area contributed by atoms with E-state index in [0.717, 1.165) is 30.9 Å². The number of anilines is 2. The maximum Gasteiger partial charge on any atom is 0.433 e. The summed E-state index contributed by atoms with van der Waals surface area (Å²) in [6, 6.07) is 10.5. The highest BCUT2D eigenvalue weighted by atomic mass is 32.2. The lowest BCUT2D eigenvalue weighted by atomic mass is 9.92. The zero-order valence-electron chi connectivity index (χ0n) is 25.2. The van der Waals surface area contributed by atoms with Crippen molar-refractivity contribution in [3.05, 3.63) is 53.2 Å². The van der Waals surface area contributed by atoms with Gasteiger partial charge in [0.25, 0.3) is 10.1 Å². The van der Waals surface area contributed by atoms with Crippen LogP contribution < -0.4 is 25.8 Å². The van der Waals surface area contributed by atoms with Crippen LogP contribution in [0.3, 0.4) is 0 Å². The molecule has 1 unspecified atom stereocenters. The van der Waals surface area contributed by atoms with Crippen LogP contribution in [-0.2, 0) is 27.5 Å². The topological polar surface area (TPSA) is 168 Å². The van der Waals surface area contributed by atoms with Crippen LogP contribution in [0.15, 0.2) is 36.4 Å². The minimum atomic E-state index is -4.66. The van der Waals surface area contributed by atoms with Gasteiger partial charge in [-0.05, 0) is 74.6 Å². The number of halogens is 3. The molecule has 2 aromatic rings. The predicted molar refractivity (Wildman–Crippen MR) is 165 cm³/mol. The second-order valence-corrected chi connectivity index (χ2v) is 13.0. The number of benzene rings is 1. The first-order valence-corrected chi connectivity index (χ1v) is 16.8. The monoisotopic (exact) mass is 665 g/mol. The van der Waals surface area contributed by atoms with Crippen molar-refractivity contribution in [3.8, 4) is 6.07 Å². The molecule has 12 nitrogen and oxygen atoms in total. The molecule has 0 spiro atoms. The molecule has 0 saturated carbocycles. The van der Waals surface area contributed by atoms with Crippen LogP contribution in [0.25, 0.3) is 0 Å². The lowest BCUT2D eigenvalue weighted by molar-refractivity contribution is -0.141. The zero-order chi connectivity index (χ0) is 33.3. The average Bonchev–Trinajstić information content (AvgIpc) is 3.52. The number of rotatable bonds is 12. The molecule has 2 fully saturated rings. The minimum Gasteiger partial charge on any atom is -0.371 e. The summed E-state index contributed by atoms with van der Waals surface area (Å²) in [6.07, 6.45) is -0.0893. The summed E-state index contributed by atoms with van der Waals surface area (Å²) in [7, 11) is -4.31. The third-order valence-electron chi connectivity index (χ3n) is 8.20. The van der Waals surface area contributed by atoms with Crippen LogP contribution in [0.5, 0.6) is 0 Å². The molecule has 0 radical (unpaired) electrons. The molecular formula is C30H38F3N7O5S. The van der Waals surface area contributed by atoms with Gasteiger partial charge in [-0.25, -0.2) is 9.78 Å². The molecule has 16 heteroatoms. The van der Waals surface area contributed by atoms with Crippen molar-refractivity contribution in [2.24, 2.45) is 5.92 Å². The molecule has 1 atom stereocenters. The Morgan fingerprint density at radius 1 is 1.02 bits per heavy atom. The smallest absolute Gasteiger partial charge is 0.371 e. The highest BCUT2D eigenvalue weighted by Gasteiger charge is 2.37. The largest absolute Gasteiger partial charge is 0.433 e. The number of carbonyl (C=O) groups is 2. The Labute approximate surface area is 266 Å². The summed E-state index contributed by atoms with van der Waals surface area (Å²) >= 11 is 0. The number of nitrogens with one attached hydrogen (secondary N) is 3. The van der Waals surface area contributed by atoms with Crippen LogP contribution in [0, 0.1) is 17.2 Å². The number of amides is 3. The fourth-order valence-corrected chi connectivity index (χ4v) is 6.09. The van der Waals surface area contributed by atoms with E-state index in [-0.39, 0.29) is 11.7 Å². The van der Waals surface area contributed by atoms with Crippen LogP contribution in [-0.4, -0.2) is 74.5 Å². The van der Waals surface area contributed by atoms with Crippen molar-refractivity contribution >= 4 is 33.6 Å². The van der Waals surface area contributed by atoms with Crippen LogP contribution >= 0.6 is 0 Å². The lowest BCUT2D eigenvalue weighted by Crippen LogP contribution is -2.44. The molecule has 4 N–H and O–H groups in total. The van der Waals surface area contributed by atoms with Crippen molar-refractivity contribution in [1.82, 2.24) is 20.9 Å². The molecule has 4 rings (SSSR count).